The van der Waals surface area contributed by atoms with Gasteiger partial charge in [0.2, 0.25) is 0 Å². The molecule has 0 aliphatic heterocycles. The van der Waals surface area contributed by atoms with Crippen molar-refractivity contribution < 1.29 is 37.9 Å². The van der Waals surface area contributed by atoms with Gasteiger partial charge in [-0.3, -0.25) is 0 Å². The lowest BCUT2D eigenvalue weighted by Gasteiger charge is -2.09. The zero-order valence-corrected chi connectivity index (χ0v) is 27.3. The second-order valence-corrected chi connectivity index (χ2v) is 10.6. The van der Waals surface area contributed by atoms with E-state index in [1.807, 2.05) is 0 Å². The predicted octanol–water partition coefficient (Wildman–Crippen LogP) is 6.84. The van der Waals surface area contributed by atoms with Crippen molar-refractivity contribution in [3.8, 4) is 0 Å². The summed E-state index contributed by atoms with van der Waals surface area (Å²) in [6.45, 7) is 12.0. The lowest BCUT2D eigenvalue weighted by molar-refractivity contribution is -0.0232. The van der Waals surface area contributed by atoms with Gasteiger partial charge in [-0.1, -0.05) is 77.6 Å². The van der Waals surface area contributed by atoms with Crippen LogP contribution in [0.15, 0.2) is 0 Å². The van der Waals surface area contributed by atoms with Gasteiger partial charge >= 0.3 is 0 Å². The van der Waals surface area contributed by atoms with Gasteiger partial charge in [0, 0.05) is 19.1 Å². The minimum atomic E-state index is 0.547. The number of hydrogen-bond acceptors (Lipinski definition) is 8. The average Bonchev–Trinajstić information content (AvgIpc) is 2.98. The maximum Gasteiger partial charge on any atom is 0.0701 e. The van der Waals surface area contributed by atoms with Crippen LogP contribution in [-0.4, -0.2) is 112 Å². The molecular formula is C32H65ClO8. The van der Waals surface area contributed by atoms with Crippen LogP contribution in [0.4, 0.5) is 0 Å². The standard InChI is InChI=1S/C32H65ClO8/c1-2-3-4-5-6-7-8-9-11-14-17-34-19-21-36-23-25-38-27-29-40-31-32-41-30-28-39-26-24-37-22-20-35-18-15-12-10-13-16-33/h2-32H2,1H3. The highest BCUT2D eigenvalue weighted by Gasteiger charge is 1.97. The molecule has 0 aliphatic rings. The van der Waals surface area contributed by atoms with Gasteiger partial charge in [-0.15, -0.1) is 11.6 Å². The Labute approximate surface area is 257 Å². The second kappa shape index (κ2) is 40.0. The van der Waals surface area contributed by atoms with Crippen LogP contribution in [0.5, 0.6) is 0 Å². The first-order chi connectivity index (χ1) is 20.4. The summed E-state index contributed by atoms with van der Waals surface area (Å²) in [6, 6.07) is 0. The molecule has 0 bridgehead atoms. The molecule has 0 aromatic rings. The number of unbranched alkanes of at least 4 members (excludes halogenated alkanes) is 12. The Hall–Kier alpha value is -0.0300. The molecule has 0 unspecified atom stereocenters. The Balaban J connectivity index is 3.02. The summed E-state index contributed by atoms with van der Waals surface area (Å²) in [5.41, 5.74) is 0. The van der Waals surface area contributed by atoms with Crippen LogP contribution in [0.2, 0.25) is 0 Å². The molecule has 41 heavy (non-hydrogen) atoms. The SMILES string of the molecule is CCCCCCCCCCCCOCCOCCOCCOCCOCCOCCOCCOCCCCCCCl. The molecule has 9 heteroatoms. The van der Waals surface area contributed by atoms with E-state index in [0.717, 1.165) is 38.4 Å². The third-order valence-electron chi connectivity index (χ3n) is 6.42. The lowest BCUT2D eigenvalue weighted by atomic mass is 10.1. The van der Waals surface area contributed by atoms with E-state index in [0.29, 0.717) is 92.5 Å². The largest absolute Gasteiger partial charge is 0.379 e. The fraction of sp³-hybridized carbons (Fsp3) is 1.00. The molecule has 0 aromatic heterocycles. The van der Waals surface area contributed by atoms with Crippen LogP contribution in [0.25, 0.3) is 0 Å². The first-order valence-electron chi connectivity index (χ1n) is 16.6. The van der Waals surface area contributed by atoms with Gasteiger partial charge in [-0.05, 0) is 19.3 Å². The molecule has 0 saturated carbocycles. The summed E-state index contributed by atoms with van der Waals surface area (Å²) in [4.78, 5) is 0. The second-order valence-electron chi connectivity index (χ2n) is 10.2. The van der Waals surface area contributed by atoms with Gasteiger partial charge < -0.3 is 37.9 Å². The van der Waals surface area contributed by atoms with Crippen LogP contribution in [0.1, 0.15) is 96.8 Å². The number of hydrogen-bond donors (Lipinski definition) is 0. The molecule has 0 N–H and O–H groups in total. The molecular weight excluding hydrogens is 548 g/mol. The average molecular weight is 613 g/mol. The Morgan fingerprint density at radius 1 is 0.268 bits per heavy atom. The molecule has 0 spiro atoms. The van der Waals surface area contributed by atoms with Crippen molar-refractivity contribution >= 4 is 11.6 Å². The molecule has 8 nitrogen and oxygen atoms in total. The van der Waals surface area contributed by atoms with Crippen molar-refractivity contribution in [3.05, 3.63) is 0 Å². The molecule has 0 heterocycles. The monoisotopic (exact) mass is 612 g/mol. The van der Waals surface area contributed by atoms with Crippen molar-refractivity contribution in [1.29, 1.82) is 0 Å². The van der Waals surface area contributed by atoms with Crippen molar-refractivity contribution in [1.82, 2.24) is 0 Å². The van der Waals surface area contributed by atoms with Gasteiger partial charge in [0.15, 0.2) is 0 Å². The molecule has 0 rings (SSSR count). The summed E-state index contributed by atoms with van der Waals surface area (Å²) < 4.78 is 44.2. The van der Waals surface area contributed by atoms with Crippen molar-refractivity contribution in [2.24, 2.45) is 0 Å². The maximum absolute atomic E-state index is 5.65. The Morgan fingerprint density at radius 2 is 0.488 bits per heavy atom. The van der Waals surface area contributed by atoms with E-state index < -0.39 is 0 Å². The van der Waals surface area contributed by atoms with E-state index in [9.17, 15) is 0 Å². The molecule has 248 valence electrons. The molecule has 0 atom stereocenters. The zero-order valence-electron chi connectivity index (χ0n) is 26.6. The minimum Gasteiger partial charge on any atom is -0.379 e. The van der Waals surface area contributed by atoms with Gasteiger partial charge in [0.1, 0.15) is 0 Å². The molecule has 0 fully saturated rings. The highest BCUT2D eigenvalue weighted by molar-refractivity contribution is 6.17. The van der Waals surface area contributed by atoms with Crippen LogP contribution in [0.3, 0.4) is 0 Å². The summed E-state index contributed by atoms with van der Waals surface area (Å²) >= 11 is 5.65. The number of halogens is 1. The first kappa shape index (κ1) is 41.0. The smallest absolute Gasteiger partial charge is 0.0701 e. The van der Waals surface area contributed by atoms with Crippen molar-refractivity contribution in [2.45, 2.75) is 96.8 Å². The fourth-order valence-electron chi connectivity index (χ4n) is 3.99. The first-order valence-corrected chi connectivity index (χ1v) is 17.1. The maximum atomic E-state index is 5.65. The molecule has 0 radical (unpaired) electrons. The molecule has 0 amide bonds. The predicted molar refractivity (Wildman–Crippen MR) is 168 cm³/mol. The van der Waals surface area contributed by atoms with Crippen molar-refractivity contribution in [2.75, 3.05) is 112 Å². The number of alkyl halides is 1. The molecule has 0 aliphatic carbocycles. The highest BCUT2D eigenvalue weighted by atomic mass is 35.5. The van der Waals surface area contributed by atoms with Crippen molar-refractivity contribution in [3.63, 3.8) is 0 Å². The van der Waals surface area contributed by atoms with Gasteiger partial charge in [-0.2, -0.15) is 0 Å². The van der Waals surface area contributed by atoms with Gasteiger partial charge in [0.25, 0.3) is 0 Å². The van der Waals surface area contributed by atoms with Gasteiger partial charge in [0.05, 0.1) is 92.5 Å². The van der Waals surface area contributed by atoms with Crippen LogP contribution in [0, 0.1) is 0 Å². The van der Waals surface area contributed by atoms with Gasteiger partial charge in [-0.25, -0.2) is 0 Å². The van der Waals surface area contributed by atoms with E-state index in [1.54, 1.807) is 0 Å². The quantitative estimate of drug-likeness (QED) is 0.0554. The van der Waals surface area contributed by atoms with E-state index >= 15 is 0 Å². The Kier molecular flexibility index (Phi) is 39.9. The zero-order chi connectivity index (χ0) is 29.6. The molecule has 0 saturated heterocycles. The Morgan fingerprint density at radius 3 is 0.756 bits per heavy atom. The number of rotatable bonds is 38. The van der Waals surface area contributed by atoms with Crippen LogP contribution in [-0.2, 0) is 37.9 Å². The third-order valence-corrected chi connectivity index (χ3v) is 6.69. The lowest BCUT2D eigenvalue weighted by Crippen LogP contribution is -2.15. The number of ether oxygens (including phenoxy) is 8. The van der Waals surface area contributed by atoms with E-state index in [1.165, 1.54) is 70.6 Å². The van der Waals surface area contributed by atoms with E-state index in [2.05, 4.69) is 6.92 Å². The summed E-state index contributed by atoms with van der Waals surface area (Å²) in [6.07, 6.45) is 18.0. The highest BCUT2D eigenvalue weighted by Crippen LogP contribution is 2.10. The molecule has 0 aromatic carbocycles. The van der Waals surface area contributed by atoms with E-state index in [-0.39, 0.29) is 0 Å². The normalized spacial score (nSPS) is 11.6. The van der Waals surface area contributed by atoms with E-state index in [4.69, 9.17) is 49.5 Å². The summed E-state index contributed by atoms with van der Waals surface area (Å²) in [7, 11) is 0. The third kappa shape index (κ3) is 40.0. The summed E-state index contributed by atoms with van der Waals surface area (Å²) in [5, 5.41) is 0. The fourth-order valence-corrected chi connectivity index (χ4v) is 4.17. The Bertz CT molecular complexity index is 410. The summed E-state index contributed by atoms with van der Waals surface area (Å²) in [5.74, 6) is 0.751. The van der Waals surface area contributed by atoms with Crippen LogP contribution < -0.4 is 0 Å². The minimum absolute atomic E-state index is 0.547. The van der Waals surface area contributed by atoms with Crippen LogP contribution >= 0.6 is 11.6 Å². The topological polar surface area (TPSA) is 73.8 Å².